The van der Waals surface area contributed by atoms with Crippen molar-refractivity contribution < 1.29 is 41.1 Å². The summed E-state index contributed by atoms with van der Waals surface area (Å²) < 4.78 is 52.9. The summed E-state index contributed by atoms with van der Waals surface area (Å²) in [6, 6.07) is 14.1. The molecule has 0 saturated carbocycles. The normalized spacial score (nSPS) is 23.3. The smallest absolute Gasteiger partial charge is 0.338 e. The number of ether oxygens (including phenoxy) is 4. The van der Waals surface area contributed by atoms with Crippen LogP contribution < -0.4 is 0 Å². The van der Waals surface area contributed by atoms with E-state index in [1.807, 2.05) is 6.92 Å². The zero-order chi connectivity index (χ0) is 23.3. The number of rotatable bonds is 7. The van der Waals surface area contributed by atoms with Gasteiger partial charge in [-0.05, 0) is 31.2 Å². The van der Waals surface area contributed by atoms with Gasteiger partial charge in [-0.3, -0.25) is 8.98 Å². The number of carbonyl (C=O) groups excluding carboxylic acids is 2. The molecule has 4 atom stereocenters. The second-order valence-corrected chi connectivity index (χ2v) is 8.72. The third-order valence-corrected chi connectivity index (χ3v) is 6.06. The molecule has 1 fully saturated rings. The summed E-state index contributed by atoms with van der Waals surface area (Å²) >= 11 is 0. The minimum atomic E-state index is -4.30. The van der Waals surface area contributed by atoms with Crippen molar-refractivity contribution >= 4 is 22.1 Å². The van der Waals surface area contributed by atoms with Gasteiger partial charge in [-0.1, -0.05) is 35.9 Å². The van der Waals surface area contributed by atoms with Crippen LogP contribution in [0, 0.1) is 6.92 Å². The van der Waals surface area contributed by atoms with Gasteiger partial charge in [0.05, 0.1) is 17.1 Å². The molecular formula is C22H24O9S. The number of hydrogen-bond donors (Lipinski definition) is 0. The fraction of sp³-hybridized carbons (Fsp3) is 0.364. The summed E-state index contributed by atoms with van der Waals surface area (Å²) in [4.78, 5) is 24.2. The molecule has 9 nitrogen and oxygen atoms in total. The van der Waals surface area contributed by atoms with Gasteiger partial charge >= 0.3 is 11.9 Å². The molecule has 0 aromatic heterocycles. The number of carbonyl (C=O) groups is 2. The molecule has 1 aliphatic heterocycles. The van der Waals surface area contributed by atoms with E-state index in [-0.39, 0.29) is 17.1 Å². The molecule has 2 aromatic carbocycles. The molecule has 1 heterocycles. The number of hydrogen-bond acceptors (Lipinski definition) is 9. The Labute approximate surface area is 186 Å². The van der Waals surface area contributed by atoms with Crippen LogP contribution in [-0.4, -0.2) is 58.7 Å². The van der Waals surface area contributed by atoms with E-state index in [0.717, 1.165) is 5.56 Å². The van der Waals surface area contributed by atoms with E-state index in [4.69, 9.17) is 23.1 Å². The molecule has 0 radical (unpaired) electrons. The Bertz CT molecular complexity index is 1030. The Morgan fingerprint density at radius 1 is 0.969 bits per heavy atom. The molecule has 0 spiro atoms. The van der Waals surface area contributed by atoms with Crippen molar-refractivity contribution in [1.29, 1.82) is 0 Å². The molecule has 32 heavy (non-hydrogen) atoms. The van der Waals surface area contributed by atoms with E-state index < -0.39 is 46.7 Å². The molecule has 10 heteroatoms. The average molecular weight is 464 g/mol. The van der Waals surface area contributed by atoms with Crippen LogP contribution in [-0.2, 0) is 38.0 Å². The summed E-state index contributed by atoms with van der Waals surface area (Å²) in [6.45, 7) is 2.76. The van der Waals surface area contributed by atoms with E-state index in [2.05, 4.69) is 0 Å². The second-order valence-electron chi connectivity index (χ2n) is 7.15. The van der Waals surface area contributed by atoms with Crippen molar-refractivity contribution in [3.8, 4) is 0 Å². The maximum Gasteiger partial charge on any atom is 0.338 e. The van der Waals surface area contributed by atoms with Crippen LogP contribution in [0.25, 0.3) is 0 Å². The first-order valence-corrected chi connectivity index (χ1v) is 11.2. The van der Waals surface area contributed by atoms with Gasteiger partial charge in [0.25, 0.3) is 10.1 Å². The standard InChI is InChI=1S/C22H24O9S/c1-14-9-11-17(12-10-14)32(25,26)31-19-18(29-15(2)23)13-28-22(27-3)20(19)30-21(24)16-7-5-4-6-8-16/h4-12,18-20,22H,13H2,1-3H3/t18-,19-,20+,22-/m0/s1. The Morgan fingerprint density at radius 2 is 1.62 bits per heavy atom. The molecule has 0 amide bonds. The van der Waals surface area contributed by atoms with Gasteiger partial charge in [0.15, 0.2) is 24.6 Å². The van der Waals surface area contributed by atoms with Crippen molar-refractivity contribution in [3.63, 3.8) is 0 Å². The van der Waals surface area contributed by atoms with Crippen LogP contribution in [0.3, 0.4) is 0 Å². The quantitative estimate of drug-likeness (QED) is 0.449. The molecule has 0 bridgehead atoms. The molecule has 0 aliphatic carbocycles. The lowest BCUT2D eigenvalue weighted by atomic mass is 10.0. The second kappa shape index (κ2) is 10.2. The predicted molar refractivity (Wildman–Crippen MR) is 111 cm³/mol. The lowest BCUT2D eigenvalue weighted by molar-refractivity contribution is -0.259. The van der Waals surface area contributed by atoms with Gasteiger partial charge < -0.3 is 18.9 Å². The zero-order valence-corrected chi connectivity index (χ0v) is 18.6. The molecule has 0 N–H and O–H groups in total. The van der Waals surface area contributed by atoms with E-state index >= 15 is 0 Å². The lowest BCUT2D eigenvalue weighted by Crippen LogP contribution is -2.58. The average Bonchev–Trinajstić information content (AvgIpc) is 2.76. The summed E-state index contributed by atoms with van der Waals surface area (Å²) in [5.41, 5.74) is 1.10. The Hall–Kier alpha value is -2.79. The first kappa shape index (κ1) is 23.9. The Balaban J connectivity index is 1.94. The summed E-state index contributed by atoms with van der Waals surface area (Å²) in [5, 5.41) is 0. The van der Waals surface area contributed by atoms with Gasteiger partial charge in [0.1, 0.15) is 0 Å². The van der Waals surface area contributed by atoms with Crippen LogP contribution in [0.1, 0.15) is 22.8 Å². The maximum absolute atomic E-state index is 13.0. The predicted octanol–water partition coefficient (Wildman–Crippen LogP) is 2.23. The fourth-order valence-electron chi connectivity index (χ4n) is 3.17. The van der Waals surface area contributed by atoms with Crippen molar-refractivity contribution in [2.45, 2.75) is 43.3 Å². The van der Waals surface area contributed by atoms with Crippen LogP contribution in [0.2, 0.25) is 0 Å². The lowest BCUT2D eigenvalue weighted by Gasteiger charge is -2.39. The highest BCUT2D eigenvalue weighted by Gasteiger charge is 2.48. The highest BCUT2D eigenvalue weighted by molar-refractivity contribution is 7.86. The van der Waals surface area contributed by atoms with Crippen molar-refractivity contribution in [3.05, 3.63) is 65.7 Å². The topological polar surface area (TPSA) is 114 Å². The SMILES string of the molecule is CO[C@H]1OC[C@H](OC(C)=O)[C@H](OS(=O)(=O)c2ccc(C)cc2)[C@H]1OC(=O)c1ccccc1. The van der Waals surface area contributed by atoms with Gasteiger partial charge in [-0.2, -0.15) is 8.42 Å². The molecule has 172 valence electrons. The highest BCUT2D eigenvalue weighted by atomic mass is 32.2. The molecule has 1 saturated heterocycles. The number of benzene rings is 2. The monoisotopic (exact) mass is 464 g/mol. The van der Waals surface area contributed by atoms with Gasteiger partial charge in [0, 0.05) is 14.0 Å². The first-order valence-electron chi connectivity index (χ1n) is 9.79. The van der Waals surface area contributed by atoms with E-state index in [0.29, 0.717) is 0 Å². The van der Waals surface area contributed by atoms with Gasteiger partial charge in [-0.15, -0.1) is 0 Å². The summed E-state index contributed by atoms with van der Waals surface area (Å²) in [6.07, 6.45) is -5.05. The summed E-state index contributed by atoms with van der Waals surface area (Å²) in [7, 11) is -2.99. The van der Waals surface area contributed by atoms with Gasteiger partial charge in [0.2, 0.25) is 0 Å². The Morgan fingerprint density at radius 3 is 2.22 bits per heavy atom. The van der Waals surface area contributed by atoms with E-state index in [9.17, 15) is 18.0 Å². The third kappa shape index (κ3) is 5.71. The van der Waals surface area contributed by atoms with E-state index in [1.165, 1.54) is 38.3 Å². The fourth-order valence-corrected chi connectivity index (χ4v) is 4.28. The van der Waals surface area contributed by atoms with E-state index in [1.54, 1.807) is 30.3 Å². The van der Waals surface area contributed by atoms with Crippen LogP contribution in [0.5, 0.6) is 0 Å². The minimum Gasteiger partial charge on any atom is -0.457 e. The summed E-state index contributed by atoms with van der Waals surface area (Å²) in [5.74, 6) is -1.42. The molecule has 1 aliphatic rings. The van der Waals surface area contributed by atoms with Crippen molar-refractivity contribution in [2.75, 3.05) is 13.7 Å². The van der Waals surface area contributed by atoms with Crippen LogP contribution >= 0.6 is 0 Å². The van der Waals surface area contributed by atoms with Crippen molar-refractivity contribution in [1.82, 2.24) is 0 Å². The van der Waals surface area contributed by atoms with Crippen molar-refractivity contribution in [2.24, 2.45) is 0 Å². The molecule has 3 rings (SSSR count). The first-order chi connectivity index (χ1) is 15.2. The number of esters is 2. The number of aryl methyl sites for hydroxylation is 1. The minimum absolute atomic E-state index is 0.0988. The molecule has 0 unspecified atom stereocenters. The zero-order valence-electron chi connectivity index (χ0n) is 17.8. The van der Waals surface area contributed by atoms with Gasteiger partial charge in [-0.25, -0.2) is 4.79 Å². The van der Waals surface area contributed by atoms with Crippen LogP contribution in [0.4, 0.5) is 0 Å². The maximum atomic E-state index is 13.0. The molecule has 2 aromatic rings. The Kier molecular flexibility index (Phi) is 7.62. The van der Waals surface area contributed by atoms with Crippen LogP contribution in [0.15, 0.2) is 59.5 Å². The largest absolute Gasteiger partial charge is 0.457 e. The number of methoxy groups -OCH3 is 1. The third-order valence-electron chi connectivity index (χ3n) is 4.73. The molecular weight excluding hydrogens is 440 g/mol. The highest BCUT2D eigenvalue weighted by Crippen LogP contribution is 2.28.